The lowest BCUT2D eigenvalue weighted by Crippen LogP contribution is -2.02. The summed E-state index contributed by atoms with van der Waals surface area (Å²) in [5.74, 6) is -0.421. The molecule has 21 heavy (non-hydrogen) atoms. The van der Waals surface area contributed by atoms with Crippen LogP contribution in [0.3, 0.4) is 0 Å². The molecule has 3 nitrogen and oxygen atoms in total. The molecular weight excluding hydrogens is 289 g/mol. The Morgan fingerprint density at radius 1 is 1.10 bits per heavy atom. The fourth-order valence-corrected chi connectivity index (χ4v) is 2.16. The summed E-state index contributed by atoms with van der Waals surface area (Å²) in [6, 6.07) is 16.4. The first-order chi connectivity index (χ1) is 10.2. The topological polar surface area (TPSA) is 29.9 Å². The summed E-state index contributed by atoms with van der Waals surface area (Å²) in [7, 11) is 0. The normalized spacial score (nSPS) is 10.6. The second-order valence-corrected chi connectivity index (χ2v) is 4.98. The smallest absolute Gasteiger partial charge is 0.141 e. The number of aromatic nitrogens is 2. The fourth-order valence-electron chi connectivity index (χ4n) is 1.98. The van der Waals surface area contributed by atoms with Crippen molar-refractivity contribution in [2.24, 2.45) is 0 Å². The summed E-state index contributed by atoms with van der Waals surface area (Å²) in [5, 5.41) is 7.76. The maximum atomic E-state index is 13.1. The van der Waals surface area contributed by atoms with Gasteiger partial charge in [-0.1, -0.05) is 29.8 Å². The van der Waals surface area contributed by atoms with Gasteiger partial charge in [0.25, 0.3) is 0 Å². The molecule has 106 valence electrons. The van der Waals surface area contributed by atoms with Crippen LogP contribution in [0.1, 0.15) is 5.69 Å². The van der Waals surface area contributed by atoms with E-state index in [2.05, 4.69) is 10.4 Å². The lowest BCUT2D eigenvalue weighted by Gasteiger charge is -2.05. The van der Waals surface area contributed by atoms with Crippen LogP contribution in [0.4, 0.5) is 10.1 Å². The highest BCUT2D eigenvalue weighted by Gasteiger charge is 2.03. The molecule has 0 aliphatic carbocycles. The standard InChI is InChI=1S/C16H13ClFN3/c17-15-10-12(6-7-16(15)18)19-11-13-8-9-21(20-13)14-4-2-1-3-5-14/h1-10,19H,11H2. The molecule has 0 aliphatic heterocycles. The quantitative estimate of drug-likeness (QED) is 0.779. The van der Waals surface area contributed by atoms with Crippen LogP contribution in [0.2, 0.25) is 5.02 Å². The predicted octanol–water partition coefficient (Wildman–Crippen LogP) is 4.28. The first-order valence-corrected chi connectivity index (χ1v) is 6.89. The molecule has 0 aliphatic rings. The Morgan fingerprint density at radius 3 is 2.67 bits per heavy atom. The molecule has 1 aromatic heterocycles. The maximum Gasteiger partial charge on any atom is 0.141 e. The van der Waals surface area contributed by atoms with Gasteiger partial charge in [-0.05, 0) is 36.4 Å². The average molecular weight is 302 g/mol. The van der Waals surface area contributed by atoms with Crippen LogP contribution >= 0.6 is 11.6 Å². The van der Waals surface area contributed by atoms with Gasteiger partial charge in [0, 0.05) is 11.9 Å². The number of rotatable bonds is 4. The molecule has 0 atom stereocenters. The van der Waals surface area contributed by atoms with Crippen molar-refractivity contribution in [3.8, 4) is 5.69 Å². The van der Waals surface area contributed by atoms with Crippen molar-refractivity contribution in [2.75, 3.05) is 5.32 Å². The minimum Gasteiger partial charge on any atom is -0.379 e. The van der Waals surface area contributed by atoms with Gasteiger partial charge < -0.3 is 5.32 Å². The fraction of sp³-hybridized carbons (Fsp3) is 0.0625. The third kappa shape index (κ3) is 3.23. The van der Waals surface area contributed by atoms with E-state index in [4.69, 9.17) is 11.6 Å². The van der Waals surface area contributed by atoms with Crippen molar-refractivity contribution in [2.45, 2.75) is 6.54 Å². The number of para-hydroxylation sites is 1. The Kier molecular flexibility index (Phi) is 3.88. The first kappa shape index (κ1) is 13.6. The highest BCUT2D eigenvalue weighted by Crippen LogP contribution is 2.19. The molecule has 0 saturated carbocycles. The minimum atomic E-state index is -0.421. The van der Waals surface area contributed by atoms with Crippen LogP contribution in [-0.4, -0.2) is 9.78 Å². The van der Waals surface area contributed by atoms with Crippen molar-refractivity contribution < 1.29 is 4.39 Å². The summed E-state index contributed by atoms with van der Waals surface area (Å²) in [4.78, 5) is 0. The Balaban J connectivity index is 1.69. The Morgan fingerprint density at radius 2 is 1.90 bits per heavy atom. The predicted molar refractivity (Wildman–Crippen MR) is 82.3 cm³/mol. The molecular formula is C16H13ClFN3. The van der Waals surface area contributed by atoms with Crippen LogP contribution in [-0.2, 0) is 6.54 Å². The van der Waals surface area contributed by atoms with Crippen LogP contribution in [0.15, 0.2) is 60.8 Å². The zero-order valence-electron chi connectivity index (χ0n) is 11.1. The maximum absolute atomic E-state index is 13.1. The molecule has 5 heteroatoms. The summed E-state index contributed by atoms with van der Waals surface area (Å²) >= 11 is 5.74. The van der Waals surface area contributed by atoms with Gasteiger partial charge in [-0.3, -0.25) is 0 Å². The van der Waals surface area contributed by atoms with E-state index in [0.29, 0.717) is 6.54 Å². The third-order valence-electron chi connectivity index (χ3n) is 3.06. The highest BCUT2D eigenvalue weighted by atomic mass is 35.5. The number of hydrogen-bond donors (Lipinski definition) is 1. The molecule has 0 bridgehead atoms. The zero-order chi connectivity index (χ0) is 14.7. The number of benzene rings is 2. The van der Waals surface area contributed by atoms with E-state index in [0.717, 1.165) is 17.1 Å². The highest BCUT2D eigenvalue weighted by molar-refractivity contribution is 6.31. The van der Waals surface area contributed by atoms with Crippen molar-refractivity contribution >= 4 is 17.3 Å². The second kappa shape index (κ2) is 5.97. The summed E-state index contributed by atoms with van der Waals surface area (Å²) in [6.07, 6.45) is 1.91. The average Bonchev–Trinajstić information content (AvgIpc) is 2.98. The largest absolute Gasteiger partial charge is 0.379 e. The molecule has 1 N–H and O–H groups in total. The van der Waals surface area contributed by atoms with E-state index in [1.807, 2.05) is 47.3 Å². The second-order valence-electron chi connectivity index (χ2n) is 4.57. The summed E-state index contributed by atoms with van der Waals surface area (Å²) in [5.41, 5.74) is 2.66. The number of nitrogens with zero attached hydrogens (tertiary/aromatic N) is 2. The zero-order valence-corrected chi connectivity index (χ0v) is 11.9. The summed E-state index contributed by atoms with van der Waals surface area (Å²) < 4.78 is 14.9. The van der Waals surface area contributed by atoms with Crippen molar-refractivity contribution in [1.29, 1.82) is 0 Å². The number of nitrogens with one attached hydrogen (secondary N) is 1. The van der Waals surface area contributed by atoms with Gasteiger partial charge in [0.15, 0.2) is 0 Å². The van der Waals surface area contributed by atoms with Gasteiger partial charge in [-0.2, -0.15) is 5.10 Å². The van der Waals surface area contributed by atoms with Crippen molar-refractivity contribution in [3.63, 3.8) is 0 Å². The molecule has 0 saturated heterocycles. The van der Waals surface area contributed by atoms with E-state index in [9.17, 15) is 4.39 Å². The lowest BCUT2D eigenvalue weighted by molar-refractivity contribution is 0.628. The first-order valence-electron chi connectivity index (χ1n) is 6.51. The van der Waals surface area contributed by atoms with Gasteiger partial charge in [-0.25, -0.2) is 9.07 Å². The van der Waals surface area contributed by atoms with E-state index in [-0.39, 0.29) is 5.02 Å². The molecule has 1 heterocycles. The monoisotopic (exact) mass is 301 g/mol. The summed E-state index contributed by atoms with van der Waals surface area (Å²) in [6.45, 7) is 0.543. The lowest BCUT2D eigenvalue weighted by atomic mass is 10.3. The Hall–Kier alpha value is -2.33. The molecule has 3 aromatic rings. The molecule has 0 spiro atoms. The molecule has 0 unspecified atom stereocenters. The van der Waals surface area contributed by atoms with Crippen molar-refractivity contribution in [3.05, 3.63) is 77.3 Å². The molecule has 0 radical (unpaired) electrons. The van der Waals surface area contributed by atoms with E-state index < -0.39 is 5.82 Å². The number of anilines is 1. The number of hydrogen-bond acceptors (Lipinski definition) is 2. The molecule has 3 rings (SSSR count). The van der Waals surface area contributed by atoms with Crippen molar-refractivity contribution in [1.82, 2.24) is 9.78 Å². The van der Waals surface area contributed by atoms with E-state index in [1.165, 1.54) is 6.07 Å². The Bertz CT molecular complexity index is 740. The van der Waals surface area contributed by atoms with Gasteiger partial charge >= 0.3 is 0 Å². The van der Waals surface area contributed by atoms with Crippen LogP contribution in [0.5, 0.6) is 0 Å². The van der Waals surface area contributed by atoms with Crippen LogP contribution < -0.4 is 5.32 Å². The van der Waals surface area contributed by atoms with Gasteiger partial charge in [0.1, 0.15) is 5.82 Å². The Labute approximate surface area is 127 Å². The van der Waals surface area contributed by atoms with E-state index >= 15 is 0 Å². The van der Waals surface area contributed by atoms with E-state index in [1.54, 1.807) is 12.1 Å². The SMILES string of the molecule is Fc1ccc(NCc2ccn(-c3ccccc3)n2)cc1Cl. The number of halogens is 2. The molecule has 0 amide bonds. The van der Waals surface area contributed by atoms with Gasteiger partial charge in [-0.15, -0.1) is 0 Å². The van der Waals surface area contributed by atoms with Crippen LogP contribution in [0, 0.1) is 5.82 Å². The van der Waals surface area contributed by atoms with Gasteiger partial charge in [0.2, 0.25) is 0 Å². The van der Waals surface area contributed by atoms with Gasteiger partial charge in [0.05, 0.1) is 22.9 Å². The molecule has 2 aromatic carbocycles. The minimum absolute atomic E-state index is 0.106. The van der Waals surface area contributed by atoms with Crippen LogP contribution in [0.25, 0.3) is 5.69 Å². The third-order valence-corrected chi connectivity index (χ3v) is 3.35. The molecule has 0 fully saturated rings.